The number of phenolic OH excluding ortho intramolecular Hbond substituents is 1. The van der Waals surface area contributed by atoms with Crippen LogP contribution in [0.15, 0.2) is 78.7 Å². The van der Waals surface area contributed by atoms with Crippen LogP contribution in [0.1, 0.15) is 71.3 Å². The number of benzene rings is 2. The number of aromatic nitrogens is 1. The van der Waals surface area contributed by atoms with Gasteiger partial charge in [0.15, 0.2) is 5.78 Å². The summed E-state index contributed by atoms with van der Waals surface area (Å²) in [7, 11) is 0. The third kappa shape index (κ3) is 10.6. The lowest BCUT2D eigenvalue weighted by Crippen LogP contribution is -2.48. The van der Waals surface area contributed by atoms with Gasteiger partial charge >= 0.3 is 5.97 Å². The smallest absolute Gasteiger partial charge is 0.327 e. The molecule has 21 heteroatoms. The fourth-order valence-electron chi connectivity index (χ4n) is 8.28. The van der Waals surface area contributed by atoms with Crippen molar-refractivity contribution in [3.05, 3.63) is 107 Å². The van der Waals surface area contributed by atoms with Crippen LogP contribution in [0.3, 0.4) is 0 Å². The molecule has 1 aromatic heterocycles. The molecular weight excluding hydrogens is 897 g/mol. The summed E-state index contributed by atoms with van der Waals surface area (Å²) < 4.78 is 33.7. The quantitative estimate of drug-likeness (QED) is 0.137. The van der Waals surface area contributed by atoms with Crippen molar-refractivity contribution in [3.8, 4) is 17.6 Å². The van der Waals surface area contributed by atoms with Gasteiger partial charge in [-0.15, -0.1) is 11.8 Å². The number of fused-ring (bicyclic) bond motifs is 2. The number of anilines is 1. The van der Waals surface area contributed by atoms with E-state index in [0.717, 1.165) is 38.3 Å². The van der Waals surface area contributed by atoms with Gasteiger partial charge in [-0.3, -0.25) is 38.5 Å². The number of nitrogens with zero attached hydrogens (tertiary/aromatic N) is 4. The Morgan fingerprint density at radius 3 is 2.51 bits per heavy atom. The number of carbonyl (C=O) groups excluding carboxylic acids is 7. The molecule has 0 saturated carbocycles. The molecule has 4 aliphatic rings. The maximum absolute atomic E-state index is 13.8. The first-order chi connectivity index (χ1) is 31.8. The number of alkyl halides is 2. The minimum Gasteiger partial charge on any atom is -0.508 e. The van der Waals surface area contributed by atoms with Gasteiger partial charge in [0.05, 0.1) is 35.8 Å². The van der Waals surface area contributed by atoms with E-state index in [1.807, 2.05) is 6.92 Å². The summed E-state index contributed by atoms with van der Waals surface area (Å²) in [5, 5.41) is 35.6. The molecule has 3 aromatic rings. The van der Waals surface area contributed by atoms with Crippen molar-refractivity contribution >= 4 is 64.6 Å². The van der Waals surface area contributed by atoms with E-state index in [-0.39, 0.29) is 59.8 Å². The first-order valence-electron chi connectivity index (χ1n) is 21.0. The largest absolute Gasteiger partial charge is 0.508 e. The number of amides is 6. The number of aryl methyl sites for hydroxylation is 1. The average Bonchev–Trinajstić information content (AvgIpc) is 3.76. The SMILES string of the molecule is Cc1cc(N2C(=O)CC(SCC(NC(=O)CCC(=O)NCc3cc(C(=O)N[C@@H](C)C(=O)N4CC(F)(F)C[C@H]4C#N)ccn3)C(=O)O)C2=O)ccc1C1c2ccc(O)cc2OC2=CC(=O)C=CC21. The van der Waals surface area contributed by atoms with Gasteiger partial charge in [0.1, 0.15) is 35.4 Å². The molecule has 2 saturated heterocycles. The first kappa shape index (κ1) is 47.5. The van der Waals surface area contributed by atoms with E-state index in [1.54, 1.807) is 42.5 Å². The highest BCUT2D eigenvalue weighted by Gasteiger charge is 2.48. The number of ketones is 1. The Kier molecular flexibility index (Phi) is 13.9. The van der Waals surface area contributed by atoms with Crippen LogP contribution in [0.2, 0.25) is 0 Å². The summed E-state index contributed by atoms with van der Waals surface area (Å²) in [6.45, 7) is 2.00. The van der Waals surface area contributed by atoms with E-state index in [9.17, 15) is 62.6 Å². The molecule has 4 heterocycles. The van der Waals surface area contributed by atoms with Gasteiger partial charge < -0.3 is 35.8 Å². The number of rotatable bonds is 15. The molecule has 18 nitrogen and oxygen atoms in total. The van der Waals surface area contributed by atoms with Crippen molar-refractivity contribution in [1.82, 2.24) is 25.8 Å². The van der Waals surface area contributed by atoms with Crippen LogP contribution in [-0.2, 0) is 40.1 Å². The highest BCUT2D eigenvalue weighted by Crippen LogP contribution is 2.49. The lowest BCUT2D eigenvalue weighted by Gasteiger charge is -2.36. The van der Waals surface area contributed by atoms with E-state index in [1.165, 1.54) is 43.5 Å². The summed E-state index contributed by atoms with van der Waals surface area (Å²) in [6, 6.07) is 10.2. The lowest BCUT2D eigenvalue weighted by molar-refractivity contribution is -0.141. The van der Waals surface area contributed by atoms with E-state index >= 15 is 0 Å². The number of phenols is 1. The number of carboxylic acids is 1. The van der Waals surface area contributed by atoms with Gasteiger partial charge in [-0.05, 0) is 61.4 Å². The second-order valence-corrected chi connectivity index (χ2v) is 17.6. The third-order valence-electron chi connectivity index (χ3n) is 11.6. The molecule has 4 unspecified atom stereocenters. The van der Waals surface area contributed by atoms with Gasteiger partial charge in [0.2, 0.25) is 29.5 Å². The van der Waals surface area contributed by atoms with Crippen LogP contribution >= 0.6 is 11.8 Å². The van der Waals surface area contributed by atoms with Crippen molar-refractivity contribution < 1.29 is 62.1 Å². The number of hydrogen-bond donors (Lipinski definition) is 5. The molecular formula is C46H43F2N7O11S. The Hall–Kier alpha value is -7.47. The molecule has 67 heavy (non-hydrogen) atoms. The number of nitrogens with one attached hydrogen (secondary N) is 3. The Bertz CT molecular complexity index is 2690. The van der Waals surface area contributed by atoms with E-state index in [4.69, 9.17) is 4.74 Å². The van der Waals surface area contributed by atoms with Crippen molar-refractivity contribution in [1.29, 1.82) is 5.26 Å². The zero-order valence-electron chi connectivity index (χ0n) is 35.9. The molecule has 0 radical (unpaired) electrons. The molecule has 0 bridgehead atoms. The monoisotopic (exact) mass is 939 g/mol. The molecule has 1 aliphatic carbocycles. The minimum atomic E-state index is -3.23. The lowest BCUT2D eigenvalue weighted by atomic mass is 9.74. The third-order valence-corrected chi connectivity index (χ3v) is 12.9. The van der Waals surface area contributed by atoms with Crippen molar-refractivity contribution in [2.45, 2.75) is 81.3 Å². The predicted molar refractivity (Wildman–Crippen MR) is 233 cm³/mol. The van der Waals surface area contributed by atoms with Crippen LogP contribution in [0, 0.1) is 24.2 Å². The van der Waals surface area contributed by atoms with E-state index < -0.39 is 90.1 Å². The van der Waals surface area contributed by atoms with Crippen LogP contribution in [0.5, 0.6) is 11.5 Å². The van der Waals surface area contributed by atoms with Gasteiger partial charge in [-0.25, -0.2) is 18.5 Å². The first-order valence-corrected chi connectivity index (χ1v) is 22.0. The molecule has 348 valence electrons. The predicted octanol–water partition coefficient (Wildman–Crippen LogP) is 3.17. The number of aromatic hydroxyl groups is 1. The van der Waals surface area contributed by atoms with Crippen LogP contribution in [0.4, 0.5) is 14.5 Å². The fourth-order valence-corrected chi connectivity index (χ4v) is 9.44. The molecule has 2 fully saturated rings. The minimum absolute atomic E-state index is 0.0118. The van der Waals surface area contributed by atoms with Gasteiger partial charge in [0.25, 0.3) is 11.8 Å². The molecule has 7 rings (SSSR count). The number of carboxylic acid groups (broad SMARTS) is 1. The molecule has 0 spiro atoms. The van der Waals surface area contributed by atoms with Crippen LogP contribution < -0.4 is 25.6 Å². The normalized spacial score (nSPS) is 21.2. The van der Waals surface area contributed by atoms with Crippen molar-refractivity contribution in [2.24, 2.45) is 5.92 Å². The number of allylic oxidation sites excluding steroid dienone is 3. The molecule has 6 amide bonds. The highest BCUT2D eigenvalue weighted by atomic mass is 32.2. The Morgan fingerprint density at radius 2 is 1.78 bits per heavy atom. The number of ether oxygens (including phenoxy) is 1. The van der Waals surface area contributed by atoms with Gasteiger partial charge in [0, 0.05) is 72.7 Å². The fraction of sp³-hybridized carbons (Fsp3) is 0.348. The molecule has 3 aliphatic heterocycles. The van der Waals surface area contributed by atoms with E-state index in [2.05, 4.69) is 20.9 Å². The summed E-state index contributed by atoms with van der Waals surface area (Å²) in [5.41, 5.74) is 2.90. The molecule has 6 atom stereocenters. The maximum atomic E-state index is 13.8. The zero-order valence-corrected chi connectivity index (χ0v) is 36.7. The van der Waals surface area contributed by atoms with Gasteiger partial charge in [-0.2, -0.15) is 5.26 Å². The van der Waals surface area contributed by atoms with Gasteiger partial charge in [-0.1, -0.05) is 18.2 Å². The Morgan fingerprint density at radius 1 is 1.03 bits per heavy atom. The number of imide groups is 1. The van der Waals surface area contributed by atoms with E-state index in [0.29, 0.717) is 17.2 Å². The summed E-state index contributed by atoms with van der Waals surface area (Å²) in [6.07, 6.45) is 4.12. The van der Waals surface area contributed by atoms with Crippen molar-refractivity contribution in [3.63, 3.8) is 0 Å². The van der Waals surface area contributed by atoms with Crippen LogP contribution in [0.25, 0.3) is 0 Å². The second-order valence-electron chi connectivity index (χ2n) is 16.4. The van der Waals surface area contributed by atoms with Crippen molar-refractivity contribution in [2.75, 3.05) is 17.2 Å². The number of halogens is 2. The highest BCUT2D eigenvalue weighted by molar-refractivity contribution is 8.00. The number of carbonyl (C=O) groups is 8. The maximum Gasteiger partial charge on any atom is 0.327 e. The standard InChI is InChI=1S/C46H43F2N7O11S/c1-23-13-27(3-6-31(23)41-32-7-4-29(56)15-35(32)66-36-16-30(57)5-8-33(36)41)55-40(60)17-37(44(55)63)67-21-34(45(64)65)53-39(59)10-9-38(58)51-20-26-14-25(11-12-50-26)42(61)52-24(2)43(62)54-22-46(47,48)18-28(54)19-49/h3-8,11-16,24,28,32,34,37,41,57H,9-10,17-18,20-22H2,1-2H3,(H,51,58)(H,52,61)(H,53,59)(H,64,65)/t24-,28-,32?,34?,37?,41?/m0/s1. The topological polar surface area (TPSA) is 266 Å². The second kappa shape index (κ2) is 19.6. The number of aliphatic carboxylic acids is 1. The number of pyridine rings is 1. The molecule has 2 aromatic carbocycles. The summed E-state index contributed by atoms with van der Waals surface area (Å²) in [5.74, 6) is -9.03. The number of likely N-dealkylation sites (tertiary alicyclic amines) is 1. The Balaban J connectivity index is 0.884. The number of nitriles is 1. The summed E-state index contributed by atoms with van der Waals surface area (Å²) in [4.78, 5) is 108. The van der Waals surface area contributed by atoms with Crippen LogP contribution in [-0.4, -0.2) is 109 Å². The zero-order chi connectivity index (χ0) is 48.3. The number of thioether (sulfide) groups is 1. The average molecular weight is 940 g/mol. The Labute approximate surface area is 385 Å². The molecule has 5 N–H and O–H groups in total. The number of hydrogen-bond acceptors (Lipinski definition) is 13. The summed E-state index contributed by atoms with van der Waals surface area (Å²) >= 11 is 0.897.